The van der Waals surface area contributed by atoms with Gasteiger partial charge in [-0.1, -0.05) is 13.8 Å². The lowest BCUT2D eigenvalue weighted by Crippen LogP contribution is -2.28. The third-order valence-corrected chi connectivity index (χ3v) is 3.47. The minimum atomic E-state index is -0.383. The van der Waals surface area contributed by atoms with Crippen LogP contribution in [-0.2, 0) is 11.3 Å². The molecule has 9 heteroatoms. The van der Waals surface area contributed by atoms with Crippen molar-refractivity contribution in [3.05, 3.63) is 59.3 Å². The second-order valence-corrected chi connectivity index (χ2v) is 5.69. The first-order valence-corrected chi connectivity index (χ1v) is 7.71. The molecule has 0 aromatic carbocycles. The topological polar surface area (TPSA) is 108 Å². The summed E-state index contributed by atoms with van der Waals surface area (Å²) in [4.78, 5) is 36.5. The average Bonchev–Trinajstić information content (AvgIpc) is 3.11. The van der Waals surface area contributed by atoms with Gasteiger partial charge in [-0.3, -0.25) is 14.2 Å². The van der Waals surface area contributed by atoms with E-state index >= 15 is 0 Å². The SMILES string of the molecule is CC(C)c1cc(=O)n(CC(=O)Nc2cc(-n3cccn3)ncn2)cn1. The van der Waals surface area contributed by atoms with Crippen molar-refractivity contribution >= 4 is 11.7 Å². The summed E-state index contributed by atoms with van der Waals surface area (Å²) in [5.41, 5.74) is 0.426. The minimum Gasteiger partial charge on any atom is -0.309 e. The summed E-state index contributed by atoms with van der Waals surface area (Å²) in [6.45, 7) is 3.75. The molecule has 128 valence electrons. The van der Waals surface area contributed by atoms with Crippen LogP contribution < -0.4 is 10.9 Å². The highest BCUT2D eigenvalue weighted by molar-refractivity contribution is 5.89. The molecule has 9 nitrogen and oxygen atoms in total. The Bertz CT molecular complexity index is 932. The Hall–Kier alpha value is -3.36. The Morgan fingerprint density at radius 3 is 2.76 bits per heavy atom. The summed E-state index contributed by atoms with van der Waals surface area (Å²) in [7, 11) is 0. The normalized spacial score (nSPS) is 10.8. The van der Waals surface area contributed by atoms with Crippen LogP contribution in [0.4, 0.5) is 5.82 Å². The number of nitrogens with zero attached hydrogens (tertiary/aromatic N) is 6. The lowest BCUT2D eigenvalue weighted by Gasteiger charge is -2.09. The zero-order valence-electron chi connectivity index (χ0n) is 13.8. The fourth-order valence-corrected chi connectivity index (χ4v) is 2.16. The van der Waals surface area contributed by atoms with Gasteiger partial charge in [0.1, 0.15) is 18.7 Å². The number of carbonyl (C=O) groups is 1. The number of nitrogens with one attached hydrogen (secondary N) is 1. The molecular formula is C16H17N7O2. The number of anilines is 1. The van der Waals surface area contributed by atoms with Gasteiger partial charge in [-0.15, -0.1) is 0 Å². The van der Waals surface area contributed by atoms with Crippen LogP contribution in [0.25, 0.3) is 5.82 Å². The van der Waals surface area contributed by atoms with Crippen molar-refractivity contribution in [3.8, 4) is 5.82 Å². The summed E-state index contributed by atoms with van der Waals surface area (Å²) >= 11 is 0. The summed E-state index contributed by atoms with van der Waals surface area (Å²) in [6, 6.07) is 4.80. The van der Waals surface area contributed by atoms with Gasteiger partial charge in [0.2, 0.25) is 5.91 Å². The van der Waals surface area contributed by atoms with Crippen LogP contribution in [0.1, 0.15) is 25.5 Å². The maximum Gasteiger partial charge on any atom is 0.254 e. The summed E-state index contributed by atoms with van der Waals surface area (Å²) in [6.07, 6.45) is 6.07. The molecule has 3 heterocycles. The van der Waals surface area contributed by atoms with Crippen molar-refractivity contribution in [1.29, 1.82) is 0 Å². The van der Waals surface area contributed by atoms with Gasteiger partial charge >= 0.3 is 0 Å². The maximum atomic E-state index is 12.2. The van der Waals surface area contributed by atoms with Crippen LogP contribution in [0.15, 0.2) is 48.0 Å². The quantitative estimate of drug-likeness (QED) is 0.742. The largest absolute Gasteiger partial charge is 0.309 e. The van der Waals surface area contributed by atoms with E-state index in [4.69, 9.17) is 0 Å². The highest BCUT2D eigenvalue weighted by atomic mass is 16.2. The van der Waals surface area contributed by atoms with Crippen LogP contribution in [-0.4, -0.2) is 35.2 Å². The van der Waals surface area contributed by atoms with E-state index in [-0.39, 0.29) is 23.9 Å². The molecule has 1 amide bonds. The van der Waals surface area contributed by atoms with Crippen molar-refractivity contribution in [2.24, 2.45) is 0 Å². The summed E-state index contributed by atoms with van der Waals surface area (Å²) < 4.78 is 2.80. The van der Waals surface area contributed by atoms with Crippen molar-refractivity contribution < 1.29 is 4.79 Å². The Morgan fingerprint density at radius 2 is 2.08 bits per heavy atom. The van der Waals surface area contributed by atoms with E-state index in [1.165, 1.54) is 23.3 Å². The van der Waals surface area contributed by atoms with Gasteiger partial charge in [0, 0.05) is 24.5 Å². The van der Waals surface area contributed by atoms with E-state index < -0.39 is 0 Å². The van der Waals surface area contributed by atoms with Crippen LogP contribution in [0, 0.1) is 0 Å². The lowest BCUT2D eigenvalue weighted by molar-refractivity contribution is -0.116. The monoisotopic (exact) mass is 339 g/mol. The highest BCUT2D eigenvalue weighted by Gasteiger charge is 2.09. The third kappa shape index (κ3) is 3.94. The number of rotatable bonds is 5. The smallest absolute Gasteiger partial charge is 0.254 e. The Balaban J connectivity index is 1.71. The van der Waals surface area contributed by atoms with E-state index in [1.807, 2.05) is 13.8 Å². The van der Waals surface area contributed by atoms with Crippen molar-refractivity contribution in [2.45, 2.75) is 26.3 Å². The predicted octanol–water partition coefficient (Wildman–Crippen LogP) is 0.981. The number of hydrogen-bond donors (Lipinski definition) is 1. The zero-order chi connectivity index (χ0) is 17.8. The molecule has 3 aromatic heterocycles. The molecule has 25 heavy (non-hydrogen) atoms. The van der Waals surface area contributed by atoms with Crippen molar-refractivity contribution in [2.75, 3.05) is 5.32 Å². The molecule has 0 saturated heterocycles. The molecular weight excluding hydrogens is 322 g/mol. The Labute approximate surface area is 143 Å². The van der Waals surface area contributed by atoms with Crippen molar-refractivity contribution in [1.82, 2.24) is 29.3 Å². The standard InChI is InChI=1S/C16H17N7O2/c1-11(2)12-6-16(25)22(10-19-12)8-15(24)21-13-7-14(18-9-17-13)23-5-3-4-20-23/h3-7,9-11H,8H2,1-2H3,(H,17,18,21,24). The second kappa shape index (κ2) is 7.04. The van der Waals surface area contributed by atoms with Gasteiger partial charge in [0.05, 0.1) is 12.0 Å². The van der Waals surface area contributed by atoms with Gasteiger partial charge in [-0.05, 0) is 12.0 Å². The first-order chi connectivity index (χ1) is 12.0. The molecule has 0 saturated carbocycles. The minimum absolute atomic E-state index is 0.148. The molecule has 3 aromatic rings. The molecule has 0 spiro atoms. The number of aromatic nitrogens is 6. The molecule has 0 radical (unpaired) electrons. The average molecular weight is 339 g/mol. The van der Waals surface area contributed by atoms with E-state index in [1.54, 1.807) is 29.2 Å². The lowest BCUT2D eigenvalue weighted by atomic mass is 10.1. The van der Waals surface area contributed by atoms with E-state index in [0.717, 1.165) is 0 Å². The van der Waals surface area contributed by atoms with Crippen LogP contribution in [0.5, 0.6) is 0 Å². The number of hydrogen-bond acceptors (Lipinski definition) is 6. The van der Waals surface area contributed by atoms with E-state index in [0.29, 0.717) is 17.3 Å². The van der Waals surface area contributed by atoms with E-state index in [2.05, 4.69) is 25.4 Å². The Morgan fingerprint density at radius 1 is 1.24 bits per heavy atom. The highest BCUT2D eigenvalue weighted by Crippen LogP contribution is 2.09. The number of carbonyl (C=O) groups excluding carboxylic acids is 1. The fourth-order valence-electron chi connectivity index (χ4n) is 2.16. The number of amides is 1. The van der Waals surface area contributed by atoms with Gasteiger partial charge in [-0.25, -0.2) is 19.6 Å². The first kappa shape index (κ1) is 16.5. The molecule has 1 N–H and O–H groups in total. The summed E-state index contributed by atoms with van der Waals surface area (Å²) in [5, 5.41) is 6.71. The van der Waals surface area contributed by atoms with Gasteiger partial charge in [-0.2, -0.15) is 5.10 Å². The molecule has 0 aliphatic carbocycles. The van der Waals surface area contributed by atoms with E-state index in [9.17, 15) is 9.59 Å². The maximum absolute atomic E-state index is 12.2. The van der Waals surface area contributed by atoms with Crippen LogP contribution in [0.2, 0.25) is 0 Å². The molecule has 0 bridgehead atoms. The third-order valence-electron chi connectivity index (χ3n) is 3.47. The van der Waals surface area contributed by atoms with Crippen molar-refractivity contribution in [3.63, 3.8) is 0 Å². The van der Waals surface area contributed by atoms with Gasteiger partial charge < -0.3 is 5.32 Å². The van der Waals surface area contributed by atoms with Crippen LogP contribution in [0.3, 0.4) is 0 Å². The first-order valence-electron chi connectivity index (χ1n) is 7.71. The molecule has 0 atom stereocenters. The molecule has 0 aliphatic rings. The van der Waals surface area contributed by atoms with Crippen LogP contribution >= 0.6 is 0 Å². The molecule has 3 rings (SSSR count). The van der Waals surface area contributed by atoms with Gasteiger partial charge in [0.15, 0.2) is 5.82 Å². The predicted molar refractivity (Wildman–Crippen MR) is 90.4 cm³/mol. The molecule has 0 unspecified atom stereocenters. The van der Waals surface area contributed by atoms with Gasteiger partial charge in [0.25, 0.3) is 5.56 Å². The molecule has 0 fully saturated rings. The molecule has 0 aliphatic heterocycles. The summed E-state index contributed by atoms with van der Waals surface area (Å²) in [5.74, 6) is 0.616. The Kier molecular flexibility index (Phi) is 4.64. The fraction of sp³-hybridized carbons (Fsp3) is 0.250. The zero-order valence-corrected chi connectivity index (χ0v) is 13.8. The second-order valence-electron chi connectivity index (χ2n) is 5.69.